The molecule has 0 unspecified atom stereocenters. The molecule has 4 rings (SSSR count). The summed E-state index contributed by atoms with van der Waals surface area (Å²) < 4.78 is 1.77. The average Bonchev–Trinajstić information content (AvgIpc) is 3.19. The first-order valence-corrected chi connectivity index (χ1v) is 8.76. The summed E-state index contributed by atoms with van der Waals surface area (Å²) in [6, 6.07) is 17.7. The van der Waals surface area contributed by atoms with Crippen molar-refractivity contribution in [2.45, 2.75) is 13.5 Å². The number of nitrogens with one attached hydrogen (secondary N) is 1. The van der Waals surface area contributed by atoms with Gasteiger partial charge in [0.15, 0.2) is 5.78 Å². The van der Waals surface area contributed by atoms with Gasteiger partial charge in [-0.25, -0.2) is 9.50 Å². The van der Waals surface area contributed by atoms with Crippen LogP contribution in [0.4, 0.5) is 5.13 Å². The van der Waals surface area contributed by atoms with Crippen LogP contribution in [0.3, 0.4) is 0 Å². The summed E-state index contributed by atoms with van der Waals surface area (Å²) in [6.07, 6.45) is 1.89. The van der Waals surface area contributed by atoms with Crippen LogP contribution in [-0.4, -0.2) is 20.4 Å². The molecule has 0 fully saturated rings. The van der Waals surface area contributed by atoms with Crippen molar-refractivity contribution >= 4 is 27.2 Å². The molecule has 2 aromatic heterocycles. The Hall–Kier alpha value is -2.99. The fraction of sp³-hybridized carbons (Fsp3) is 0.105. The lowest BCUT2D eigenvalue weighted by Gasteiger charge is -2.01. The van der Waals surface area contributed by atoms with Crippen LogP contribution in [0.5, 0.6) is 0 Å². The van der Waals surface area contributed by atoms with E-state index in [0.29, 0.717) is 5.56 Å². The fourth-order valence-corrected chi connectivity index (χ4v) is 3.36. The van der Waals surface area contributed by atoms with Crippen LogP contribution in [-0.2, 0) is 6.54 Å². The second-order valence-electron chi connectivity index (χ2n) is 5.74. The quantitative estimate of drug-likeness (QED) is 0.547. The third-order valence-electron chi connectivity index (χ3n) is 3.89. The van der Waals surface area contributed by atoms with Crippen LogP contribution in [0.1, 0.15) is 22.8 Å². The number of hydrogen-bond donors (Lipinski definition) is 1. The van der Waals surface area contributed by atoms with E-state index in [9.17, 15) is 4.79 Å². The van der Waals surface area contributed by atoms with Gasteiger partial charge in [-0.1, -0.05) is 59.9 Å². The number of carbonyl (C=O) groups is 1. The summed E-state index contributed by atoms with van der Waals surface area (Å²) in [4.78, 5) is 17.0. The Kier molecular flexibility index (Phi) is 4.03. The Morgan fingerprint density at radius 3 is 2.76 bits per heavy atom. The fourth-order valence-electron chi connectivity index (χ4n) is 2.58. The minimum atomic E-state index is 0.0494. The monoisotopic (exact) mass is 348 g/mol. The predicted octanol–water partition coefficient (Wildman–Crippen LogP) is 4.27. The minimum Gasteiger partial charge on any atom is -0.356 e. The van der Waals surface area contributed by atoms with Crippen LogP contribution < -0.4 is 5.32 Å². The molecule has 0 amide bonds. The lowest BCUT2D eigenvalue weighted by Crippen LogP contribution is -1.99. The summed E-state index contributed by atoms with van der Waals surface area (Å²) in [5.41, 5.74) is 3.63. The van der Waals surface area contributed by atoms with Crippen molar-refractivity contribution in [1.82, 2.24) is 14.6 Å². The molecule has 0 aliphatic rings. The Labute approximate surface area is 149 Å². The molecule has 6 heteroatoms. The molecule has 25 heavy (non-hydrogen) atoms. The molecule has 0 saturated heterocycles. The van der Waals surface area contributed by atoms with Crippen molar-refractivity contribution in [3.63, 3.8) is 0 Å². The summed E-state index contributed by atoms with van der Waals surface area (Å²) in [5, 5.41) is 8.68. The van der Waals surface area contributed by atoms with Gasteiger partial charge >= 0.3 is 0 Å². The third-order valence-corrected chi connectivity index (χ3v) is 4.77. The van der Waals surface area contributed by atoms with Gasteiger partial charge in [-0.3, -0.25) is 4.79 Å². The molecule has 0 radical (unpaired) electrons. The first-order chi connectivity index (χ1) is 12.2. The first-order valence-electron chi connectivity index (χ1n) is 7.94. The van der Waals surface area contributed by atoms with E-state index in [1.165, 1.54) is 16.9 Å². The summed E-state index contributed by atoms with van der Waals surface area (Å²) in [7, 11) is 0. The average molecular weight is 348 g/mol. The molecule has 0 aliphatic carbocycles. The molecule has 0 saturated carbocycles. The Morgan fingerprint density at radius 2 is 2.00 bits per heavy atom. The number of nitrogens with zero attached hydrogens (tertiary/aromatic N) is 3. The largest absolute Gasteiger partial charge is 0.356 e. The van der Waals surface area contributed by atoms with E-state index in [-0.39, 0.29) is 5.78 Å². The van der Waals surface area contributed by atoms with Crippen molar-refractivity contribution in [3.8, 4) is 11.3 Å². The van der Waals surface area contributed by atoms with E-state index in [4.69, 9.17) is 0 Å². The molecule has 1 N–H and O–H groups in total. The minimum absolute atomic E-state index is 0.0494. The molecule has 124 valence electrons. The molecule has 0 atom stereocenters. The van der Waals surface area contributed by atoms with Gasteiger partial charge in [0.1, 0.15) is 0 Å². The van der Waals surface area contributed by atoms with Crippen molar-refractivity contribution in [2.24, 2.45) is 0 Å². The normalized spacial score (nSPS) is 10.9. The van der Waals surface area contributed by atoms with Gasteiger partial charge in [0.05, 0.1) is 11.9 Å². The van der Waals surface area contributed by atoms with Crippen molar-refractivity contribution in [1.29, 1.82) is 0 Å². The molecule has 5 nitrogen and oxygen atoms in total. The van der Waals surface area contributed by atoms with Gasteiger partial charge in [-0.2, -0.15) is 0 Å². The highest BCUT2D eigenvalue weighted by Gasteiger charge is 2.10. The SMILES string of the molecule is CC(=O)c1cccc(-c2cn3nc(NCc4ccccc4)sc3n2)c1. The van der Waals surface area contributed by atoms with Gasteiger partial charge < -0.3 is 5.32 Å². The second kappa shape index (κ2) is 6.49. The summed E-state index contributed by atoms with van der Waals surface area (Å²) >= 11 is 1.51. The highest BCUT2D eigenvalue weighted by molar-refractivity contribution is 7.20. The Morgan fingerprint density at radius 1 is 1.16 bits per heavy atom. The number of hydrogen-bond acceptors (Lipinski definition) is 5. The highest BCUT2D eigenvalue weighted by atomic mass is 32.1. The van der Waals surface area contributed by atoms with Crippen LogP contribution >= 0.6 is 11.3 Å². The van der Waals surface area contributed by atoms with Crippen LogP contribution in [0, 0.1) is 0 Å². The number of ketones is 1. The number of fused-ring (bicyclic) bond motifs is 1. The highest BCUT2D eigenvalue weighted by Crippen LogP contribution is 2.25. The number of rotatable bonds is 5. The van der Waals surface area contributed by atoms with E-state index in [1.807, 2.05) is 48.7 Å². The zero-order valence-corrected chi connectivity index (χ0v) is 14.5. The maximum Gasteiger partial charge on any atom is 0.214 e. The third kappa shape index (κ3) is 3.29. The van der Waals surface area contributed by atoms with Crippen LogP contribution in [0.2, 0.25) is 0 Å². The van der Waals surface area contributed by atoms with Crippen LogP contribution in [0.15, 0.2) is 60.8 Å². The standard InChI is InChI=1S/C19H16N4OS/c1-13(24)15-8-5-9-16(10-15)17-12-23-19(21-17)25-18(22-23)20-11-14-6-3-2-4-7-14/h2-10,12H,11H2,1H3,(H,20,22). The summed E-state index contributed by atoms with van der Waals surface area (Å²) in [6.45, 7) is 2.29. The van der Waals surface area contributed by atoms with Gasteiger partial charge in [0.25, 0.3) is 0 Å². The van der Waals surface area contributed by atoms with E-state index in [0.717, 1.165) is 27.9 Å². The van der Waals surface area contributed by atoms with E-state index >= 15 is 0 Å². The number of Topliss-reactive ketones (excluding diaryl/α,β-unsaturated/α-hetero) is 1. The van der Waals surface area contributed by atoms with E-state index in [1.54, 1.807) is 11.4 Å². The maximum absolute atomic E-state index is 11.5. The molecule has 0 bridgehead atoms. The lowest BCUT2D eigenvalue weighted by atomic mass is 10.1. The molecule has 4 aromatic rings. The lowest BCUT2D eigenvalue weighted by molar-refractivity contribution is 0.101. The van der Waals surface area contributed by atoms with Gasteiger partial charge in [0, 0.05) is 17.7 Å². The van der Waals surface area contributed by atoms with Gasteiger partial charge in [-0.15, -0.1) is 5.10 Å². The topological polar surface area (TPSA) is 59.3 Å². The van der Waals surface area contributed by atoms with Crippen molar-refractivity contribution in [3.05, 3.63) is 71.9 Å². The molecular formula is C19H16N4OS. The van der Waals surface area contributed by atoms with Crippen LogP contribution in [0.25, 0.3) is 16.2 Å². The first kappa shape index (κ1) is 15.5. The van der Waals surface area contributed by atoms with Crippen molar-refractivity contribution < 1.29 is 4.79 Å². The molecule has 2 heterocycles. The number of anilines is 1. The van der Waals surface area contributed by atoms with Gasteiger partial charge in [0.2, 0.25) is 10.1 Å². The van der Waals surface area contributed by atoms with Crippen molar-refractivity contribution in [2.75, 3.05) is 5.32 Å². The Bertz CT molecular complexity index is 1000. The second-order valence-corrected chi connectivity index (χ2v) is 6.69. The Balaban J connectivity index is 1.55. The molecular weight excluding hydrogens is 332 g/mol. The van der Waals surface area contributed by atoms with E-state index in [2.05, 4.69) is 27.5 Å². The summed E-state index contributed by atoms with van der Waals surface area (Å²) in [5.74, 6) is 0.0494. The number of aromatic nitrogens is 3. The molecule has 2 aromatic carbocycles. The zero-order chi connectivity index (χ0) is 17.2. The number of benzene rings is 2. The van der Waals surface area contributed by atoms with E-state index < -0.39 is 0 Å². The predicted molar refractivity (Wildman–Crippen MR) is 100 cm³/mol. The smallest absolute Gasteiger partial charge is 0.214 e. The number of carbonyl (C=O) groups excluding carboxylic acids is 1. The molecule has 0 spiro atoms. The zero-order valence-electron chi connectivity index (χ0n) is 13.6. The molecule has 0 aliphatic heterocycles. The van der Waals surface area contributed by atoms with Gasteiger partial charge in [-0.05, 0) is 18.6 Å². The number of imidazole rings is 1. The maximum atomic E-state index is 11.5.